The summed E-state index contributed by atoms with van der Waals surface area (Å²) in [6.45, 7) is 4.98. The first-order valence-electron chi connectivity index (χ1n) is 11.4. The quantitative estimate of drug-likeness (QED) is 0.530. The van der Waals surface area contributed by atoms with Gasteiger partial charge in [-0.15, -0.1) is 0 Å². The van der Waals surface area contributed by atoms with Crippen molar-refractivity contribution in [3.8, 4) is 11.5 Å². The molecule has 3 N–H and O–H groups in total. The summed E-state index contributed by atoms with van der Waals surface area (Å²) in [7, 11) is 0. The predicted octanol–water partition coefficient (Wildman–Crippen LogP) is 3.50. The van der Waals surface area contributed by atoms with E-state index in [-0.39, 0.29) is 12.7 Å². The van der Waals surface area contributed by atoms with Crippen molar-refractivity contribution in [2.75, 3.05) is 32.9 Å². The van der Waals surface area contributed by atoms with E-state index in [0.29, 0.717) is 49.2 Å². The van der Waals surface area contributed by atoms with Crippen molar-refractivity contribution in [3.63, 3.8) is 0 Å². The molecule has 2 aliphatic heterocycles. The smallest absolute Gasteiger partial charge is 0.126 e. The van der Waals surface area contributed by atoms with Gasteiger partial charge in [0.1, 0.15) is 11.5 Å². The third-order valence-electron chi connectivity index (χ3n) is 6.08. The van der Waals surface area contributed by atoms with Crippen LogP contribution < -0.4 is 14.8 Å². The van der Waals surface area contributed by atoms with Crippen molar-refractivity contribution < 1.29 is 24.4 Å². The van der Waals surface area contributed by atoms with E-state index in [4.69, 9.17) is 25.8 Å². The molecule has 2 aliphatic rings. The molecule has 0 radical (unpaired) electrons. The first-order valence-corrected chi connectivity index (χ1v) is 11.8. The average Bonchev–Trinajstić information content (AvgIpc) is 2.75. The van der Waals surface area contributed by atoms with Gasteiger partial charge in [-0.05, 0) is 48.7 Å². The second-order valence-electron chi connectivity index (χ2n) is 8.62. The van der Waals surface area contributed by atoms with Crippen molar-refractivity contribution in [1.82, 2.24) is 5.32 Å². The van der Waals surface area contributed by atoms with E-state index in [0.717, 1.165) is 35.5 Å². The Hall–Kier alpha value is -1.83. The van der Waals surface area contributed by atoms with Crippen molar-refractivity contribution >= 4 is 11.6 Å². The van der Waals surface area contributed by atoms with Crippen LogP contribution in [0, 0.1) is 5.92 Å². The molecule has 7 heteroatoms. The van der Waals surface area contributed by atoms with Crippen LogP contribution in [-0.2, 0) is 11.2 Å². The van der Waals surface area contributed by atoms with Crippen LogP contribution in [0.5, 0.6) is 11.5 Å². The monoisotopic (exact) mass is 461 g/mol. The second-order valence-corrected chi connectivity index (χ2v) is 9.03. The molecule has 0 bridgehead atoms. The maximum absolute atomic E-state index is 10.3. The minimum absolute atomic E-state index is 0.121. The maximum Gasteiger partial charge on any atom is 0.126 e. The number of aliphatic hydroxyl groups is 2. The van der Waals surface area contributed by atoms with Gasteiger partial charge in [-0.2, -0.15) is 0 Å². The molecule has 2 aromatic rings. The molecule has 32 heavy (non-hydrogen) atoms. The van der Waals surface area contributed by atoms with Crippen molar-refractivity contribution in [2.24, 2.45) is 5.92 Å². The van der Waals surface area contributed by atoms with Crippen LogP contribution >= 0.6 is 11.6 Å². The first-order chi connectivity index (χ1) is 15.6. The molecule has 0 aliphatic carbocycles. The Morgan fingerprint density at radius 3 is 2.56 bits per heavy atom. The molecule has 0 spiro atoms. The minimum atomic E-state index is -0.528. The summed E-state index contributed by atoms with van der Waals surface area (Å²) in [4.78, 5) is 0. The number of rotatable bonds is 9. The predicted molar refractivity (Wildman–Crippen MR) is 124 cm³/mol. The molecule has 2 aromatic carbocycles. The van der Waals surface area contributed by atoms with E-state index in [9.17, 15) is 10.2 Å². The van der Waals surface area contributed by atoms with E-state index >= 15 is 0 Å². The fourth-order valence-electron chi connectivity index (χ4n) is 4.20. The third-order valence-corrected chi connectivity index (χ3v) is 6.43. The number of benzene rings is 2. The summed E-state index contributed by atoms with van der Waals surface area (Å²) < 4.78 is 17.8. The summed E-state index contributed by atoms with van der Waals surface area (Å²) in [5, 5.41) is 23.8. The van der Waals surface area contributed by atoms with Gasteiger partial charge in [0.15, 0.2) is 0 Å². The van der Waals surface area contributed by atoms with Crippen LogP contribution in [-0.4, -0.2) is 55.3 Å². The molecule has 2 saturated heterocycles. The molecule has 174 valence electrons. The Kier molecular flexibility index (Phi) is 7.92. The third kappa shape index (κ3) is 5.74. The van der Waals surface area contributed by atoms with Crippen molar-refractivity contribution in [2.45, 2.75) is 44.5 Å². The van der Waals surface area contributed by atoms with Gasteiger partial charge in [0.2, 0.25) is 0 Å². The zero-order chi connectivity index (χ0) is 22.5. The molecule has 0 aromatic heterocycles. The summed E-state index contributed by atoms with van der Waals surface area (Å²) in [6, 6.07) is 11.9. The molecular formula is C25H32ClNO5. The van der Waals surface area contributed by atoms with Gasteiger partial charge in [-0.25, -0.2) is 0 Å². The Balaban J connectivity index is 1.59. The van der Waals surface area contributed by atoms with Gasteiger partial charge in [-0.3, -0.25) is 0 Å². The highest BCUT2D eigenvalue weighted by molar-refractivity contribution is 6.31. The van der Waals surface area contributed by atoms with Crippen molar-refractivity contribution in [1.29, 1.82) is 0 Å². The largest absolute Gasteiger partial charge is 0.494 e. The molecule has 6 nitrogen and oxygen atoms in total. The number of halogens is 1. The van der Waals surface area contributed by atoms with Crippen LogP contribution in [0.3, 0.4) is 0 Å². The van der Waals surface area contributed by atoms with Crippen LogP contribution in [0.1, 0.15) is 42.6 Å². The Bertz CT molecular complexity index is 887. The van der Waals surface area contributed by atoms with Crippen LogP contribution in [0.2, 0.25) is 5.02 Å². The lowest BCUT2D eigenvalue weighted by atomic mass is 9.93. The number of hydrogen-bond donors (Lipinski definition) is 3. The van der Waals surface area contributed by atoms with Gasteiger partial charge in [-0.1, -0.05) is 23.7 Å². The zero-order valence-electron chi connectivity index (χ0n) is 18.4. The van der Waals surface area contributed by atoms with E-state index in [2.05, 4.69) is 5.32 Å². The first kappa shape index (κ1) is 23.3. The lowest BCUT2D eigenvalue weighted by Crippen LogP contribution is -2.45. The van der Waals surface area contributed by atoms with Gasteiger partial charge >= 0.3 is 0 Å². The van der Waals surface area contributed by atoms with Crippen LogP contribution in [0.15, 0.2) is 36.4 Å². The molecule has 3 unspecified atom stereocenters. The summed E-state index contributed by atoms with van der Waals surface area (Å²) in [5.74, 6) is 2.01. The number of aliphatic hydroxyl groups excluding tert-OH is 2. The number of ether oxygens (including phenoxy) is 3. The fourth-order valence-corrected chi connectivity index (χ4v) is 4.42. The topological polar surface area (TPSA) is 80.2 Å². The number of hydrogen-bond acceptors (Lipinski definition) is 6. The minimum Gasteiger partial charge on any atom is -0.494 e. The Labute approximate surface area is 194 Å². The zero-order valence-corrected chi connectivity index (χ0v) is 19.2. The lowest BCUT2D eigenvalue weighted by Gasteiger charge is -2.34. The normalized spacial score (nSPS) is 23.6. The molecule has 3 atom stereocenters. The van der Waals surface area contributed by atoms with Gasteiger partial charge in [0.05, 0.1) is 38.1 Å². The molecule has 4 rings (SSSR count). The van der Waals surface area contributed by atoms with Gasteiger partial charge < -0.3 is 29.7 Å². The van der Waals surface area contributed by atoms with E-state index in [1.165, 1.54) is 0 Å². The average molecular weight is 462 g/mol. The SMILES string of the molecule is CCOc1ccc(Cc2cc(C3CC(O)CC(CO)O3)c(OCC3CNC3)cc2Cl)cc1. The summed E-state index contributed by atoms with van der Waals surface area (Å²) in [5.41, 5.74) is 2.96. The highest BCUT2D eigenvalue weighted by atomic mass is 35.5. The second kappa shape index (κ2) is 10.9. The van der Waals surface area contributed by atoms with Crippen LogP contribution in [0.25, 0.3) is 0 Å². The van der Waals surface area contributed by atoms with Gasteiger partial charge in [0, 0.05) is 42.4 Å². The maximum atomic E-state index is 10.3. The Morgan fingerprint density at radius 2 is 1.91 bits per heavy atom. The fraction of sp³-hybridized carbons (Fsp3) is 0.520. The highest BCUT2D eigenvalue weighted by Crippen LogP contribution is 2.40. The summed E-state index contributed by atoms with van der Waals surface area (Å²) >= 11 is 6.67. The molecular weight excluding hydrogens is 430 g/mol. The van der Waals surface area contributed by atoms with E-state index in [1.54, 1.807) is 0 Å². The molecule has 2 heterocycles. The van der Waals surface area contributed by atoms with E-state index < -0.39 is 12.2 Å². The molecule has 0 saturated carbocycles. The summed E-state index contributed by atoms with van der Waals surface area (Å²) in [6.07, 6.45) is 0.272. The number of nitrogens with one attached hydrogen (secondary N) is 1. The molecule has 0 amide bonds. The van der Waals surface area contributed by atoms with Crippen LogP contribution in [0.4, 0.5) is 0 Å². The highest BCUT2D eigenvalue weighted by Gasteiger charge is 2.31. The van der Waals surface area contributed by atoms with Crippen molar-refractivity contribution in [3.05, 3.63) is 58.1 Å². The van der Waals surface area contributed by atoms with Gasteiger partial charge in [0.25, 0.3) is 0 Å². The lowest BCUT2D eigenvalue weighted by molar-refractivity contribution is -0.114. The van der Waals surface area contributed by atoms with E-state index in [1.807, 2.05) is 43.3 Å². The molecule has 2 fully saturated rings. The Morgan fingerprint density at radius 1 is 1.12 bits per heavy atom. The standard InChI is InChI=1S/C25H32ClNO5/c1-2-30-20-5-3-16(4-6-20)7-18-8-22(25-10-19(29)9-21(14-28)32-25)24(11-23(18)26)31-15-17-12-27-13-17/h3-6,8,11,17,19,21,25,27-29H,2,7,9-10,12-15H2,1H3.